The summed E-state index contributed by atoms with van der Waals surface area (Å²) in [7, 11) is 1.45. The Bertz CT molecular complexity index is 1070. The van der Waals surface area contributed by atoms with Gasteiger partial charge in [0.05, 0.1) is 30.7 Å². The van der Waals surface area contributed by atoms with E-state index in [1.165, 1.54) is 12.1 Å². The summed E-state index contributed by atoms with van der Waals surface area (Å²) in [5, 5.41) is 1.98. The summed E-state index contributed by atoms with van der Waals surface area (Å²) in [6.45, 7) is 1.79. The summed E-state index contributed by atoms with van der Waals surface area (Å²) in [4.78, 5) is 40.3. The number of imide groups is 1. The minimum atomic E-state index is -1.04. The fraction of sp³-hybridized carbons (Fsp3) is 0.190. The molecule has 1 atom stereocenters. The number of carbonyl (C=O) groups is 3. The van der Waals surface area contributed by atoms with Crippen LogP contribution in [-0.2, 0) is 19.1 Å². The Morgan fingerprint density at radius 2 is 1.83 bits per heavy atom. The largest absolute Gasteiger partial charge is 0.495 e. The number of nitrogens with zero attached hydrogens (tertiary/aromatic N) is 2. The molecule has 0 saturated carbocycles. The summed E-state index contributed by atoms with van der Waals surface area (Å²) in [6, 6.07) is 12.3. The number of anilines is 2. The van der Waals surface area contributed by atoms with Gasteiger partial charge in [-0.1, -0.05) is 23.7 Å². The Labute approximate surface area is 177 Å². The second-order valence-corrected chi connectivity index (χ2v) is 6.96. The maximum absolute atomic E-state index is 13.4. The number of benzene rings is 2. The van der Waals surface area contributed by atoms with Gasteiger partial charge in [-0.3, -0.25) is 20.0 Å². The van der Waals surface area contributed by atoms with Gasteiger partial charge in [0.1, 0.15) is 5.75 Å². The lowest BCUT2D eigenvalue weighted by atomic mass is 10.1. The number of rotatable bonds is 5. The SMILES string of the molecule is CCOC(=O)C1=C2C(=O)N(c3ccccc3OC)C(=O)C2N(c2ccc(Cl)cc2)N1. The molecular formula is C21H18ClN3O5. The Kier molecular flexibility index (Phi) is 5.09. The van der Waals surface area contributed by atoms with Gasteiger partial charge in [0.2, 0.25) is 0 Å². The third-order valence-electron chi connectivity index (χ3n) is 4.83. The number of hydrogen-bond donors (Lipinski definition) is 1. The fourth-order valence-corrected chi connectivity index (χ4v) is 3.65. The number of esters is 1. The molecule has 2 aliphatic rings. The number of fused-ring (bicyclic) bond motifs is 1. The predicted octanol–water partition coefficient (Wildman–Crippen LogP) is 2.43. The molecule has 9 heteroatoms. The monoisotopic (exact) mass is 427 g/mol. The number of ether oxygens (including phenoxy) is 2. The summed E-state index contributed by atoms with van der Waals surface area (Å²) >= 11 is 5.97. The van der Waals surface area contributed by atoms with Crippen LogP contribution in [-0.4, -0.2) is 37.5 Å². The highest BCUT2D eigenvalue weighted by Crippen LogP contribution is 2.39. The highest BCUT2D eigenvalue weighted by atomic mass is 35.5. The van der Waals surface area contributed by atoms with Crippen LogP contribution in [0.25, 0.3) is 0 Å². The molecule has 1 unspecified atom stereocenters. The van der Waals surface area contributed by atoms with Gasteiger partial charge in [-0.05, 0) is 43.3 Å². The average Bonchev–Trinajstić information content (AvgIpc) is 3.26. The van der Waals surface area contributed by atoms with Crippen molar-refractivity contribution >= 4 is 40.8 Å². The third kappa shape index (κ3) is 3.05. The number of nitrogens with one attached hydrogen (secondary N) is 1. The van der Waals surface area contributed by atoms with Crippen molar-refractivity contribution in [1.29, 1.82) is 0 Å². The normalized spacial score (nSPS) is 17.9. The molecule has 0 aliphatic carbocycles. The van der Waals surface area contributed by atoms with Crippen molar-refractivity contribution in [2.45, 2.75) is 13.0 Å². The molecule has 0 radical (unpaired) electrons. The van der Waals surface area contributed by atoms with Crippen LogP contribution in [0.5, 0.6) is 5.75 Å². The van der Waals surface area contributed by atoms with Crippen molar-refractivity contribution in [3.05, 3.63) is 64.8 Å². The molecular weight excluding hydrogens is 410 g/mol. The van der Waals surface area contributed by atoms with Crippen molar-refractivity contribution in [2.75, 3.05) is 23.6 Å². The van der Waals surface area contributed by atoms with Crippen molar-refractivity contribution in [3.8, 4) is 5.75 Å². The molecule has 2 heterocycles. The Morgan fingerprint density at radius 3 is 2.50 bits per heavy atom. The molecule has 154 valence electrons. The maximum Gasteiger partial charge on any atom is 0.356 e. The first-order valence-electron chi connectivity index (χ1n) is 9.22. The van der Waals surface area contributed by atoms with E-state index in [0.29, 0.717) is 22.1 Å². The van der Waals surface area contributed by atoms with Gasteiger partial charge < -0.3 is 9.47 Å². The number of para-hydroxylation sites is 2. The van der Waals surface area contributed by atoms with E-state index in [1.807, 2.05) is 0 Å². The molecule has 2 amide bonds. The van der Waals surface area contributed by atoms with Crippen molar-refractivity contribution in [2.24, 2.45) is 0 Å². The quantitative estimate of drug-likeness (QED) is 0.579. The van der Waals surface area contributed by atoms with E-state index < -0.39 is 23.8 Å². The molecule has 4 rings (SSSR count). The zero-order valence-corrected chi connectivity index (χ0v) is 17.0. The van der Waals surface area contributed by atoms with Crippen LogP contribution in [0.2, 0.25) is 5.02 Å². The first kappa shape index (κ1) is 19.8. The lowest BCUT2D eigenvalue weighted by Crippen LogP contribution is -2.46. The first-order chi connectivity index (χ1) is 14.5. The van der Waals surface area contributed by atoms with Gasteiger partial charge in [-0.2, -0.15) is 0 Å². The van der Waals surface area contributed by atoms with E-state index in [1.54, 1.807) is 55.5 Å². The molecule has 1 fully saturated rings. The number of amides is 2. The van der Waals surface area contributed by atoms with E-state index >= 15 is 0 Å². The molecule has 2 aromatic rings. The van der Waals surface area contributed by atoms with Crippen LogP contribution in [0.1, 0.15) is 6.92 Å². The van der Waals surface area contributed by atoms with Gasteiger partial charge in [0.15, 0.2) is 11.7 Å². The van der Waals surface area contributed by atoms with Gasteiger partial charge >= 0.3 is 5.97 Å². The second-order valence-electron chi connectivity index (χ2n) is 6.52. The number of hydrazine groups is 1. The second kappa shape index (κ2) is 7.72. The van der Waals surface area contributed by atoms with Crippen molar-refractivity contribution < 1.29 is 23.9 Å². The van der Waals surface area contributed by atoms with Crippen LogP contribution in [0.15, 0.2) is 59.8 Å². The summed E-state index contributed by atoms with van der Waals surface area (Å²) in [6.07, 6.45) is 0. The minimum Gasteiger partial charge on any atom is -0.495 e. The molecule has 1 N–H and O–H groups in total. The van der Waals surface area contributed by atoms with Gasteiger partial charge in [0, 0.05) is 5.02 Å². The van der Waals surface area contributed by atoms with Crippen LogP contribution in [0.4, 0.5) is 11.4 Å². The van der Waals surface area contributed by atoms with Crippen LogP contribution >= 0.6 is 11.6 Å². The first-order valence-corrected chi connectivity index (χ1v) is 9.59. The molecule has 0 spiro atoms. The lowest BCUT2D eigenvalue weighted by molar-refractivity contribution is -0.139. The number of hydrogen-bond acceptors (Lipinski definition) is 7. The van der Waals surface area contributed by atoms with E-state index in [-0.39, 0.29) is 17.9 Å². The lowest BCUT2D eigenvalue weighted by Gasteiger charge is -2.26. The number of carbonyl (C=O) groups excluding carboxylic acids is 3. The third-order valence-corrected chi connectivity index (χ3v) is 5.08. The van der Waals surface area contributed by atoms with Gasteiger partial charge in [-0.25, -0.2) is 9.69 Å². The average molecular weight is 428 g/mol. The van der Waals surface area contributed by atoms with Crippen LogP contribution in [0, 0.1) is 0 Å². The number of methoxy groups -OCH3 is 1. The van der Waals surface area contributed by atoms with Crippen LogP contribution in [0.3, 0.4) is 0 Å². The molecule has 30 heavy (non-hydrogen) atoms. The van der Waals surface area contributed by atoms with Gasteiger partial charge in [0.25, 0.3) is 11.8 Å². The zero-order valence-electron chi connectivity index (χ0n) is 16.2. The standard InChI is InChI=1S/C21H18ClN3O5/c1-3-30-21(28)17-16-18(25(23-17)13-10-8-12(22)9-11-13)20(27)24(19(16)26)14-6-4-5-7-15(14)29-2/h4-11,18,23H,3H2,1-2H3. The highest BCUT2D eigenvalue weighted by molar-refractivity contribution is 6.34. The minimum absolute atomic E-state index is 0.0271. The Balaban J connectivity index is 1.83. The maximum atomic E-state index is 13.4. The van der Waals surface area contributed by atoms with E-state index in [0.717, 1.165) is 4.90 Å². The van der Waals surface area contributed by atoms with Crippen molar-refractivity contribution in [3.63, 3.8) is 0 Å². The Morgan fingerprint density at radius 1 is 1.13 bits per heavy atom. The van der Waals surface area contributed by atoms with E-state index in [4.69, 9.17) is 21.1 Å². The molecule has 0 bridgehead atoms. The smallest absolute Gasteiger partial charge is 0.356 e. The summed E-state index contributed by atoms with van der Waals surface area (Å²) in [5.74, 6) is -1.47. The fourth-order valence-electron chi connectivity index (χ4n) is 3.53. The van der Waals surface area contributed by atoms with Crippen molar-refractivity contribution in [1.82, 2.24) is 5.43 Å². The van der Waals surface area contributed by atoms with Crippen LogP contribution < -0.4 is 20.1 Å². The van der Waals surface area contributed by atoms with E-state index in [2.05, 4.69) is 5.43 Å². The molecule has 2 aliphatic heterocycles. The molecule has 1 saturated heterocycles. The molecule has 0 aromatic heterocycles. The molecule has 8 nitrogen and oxygen atoms in total. The topological polar surface area (TPSA) is 88.2 Å². The van der Waals surface area contributed by atoms with E-state index in [9.17, 15) is 14.4 Å². The zero-order chi connectivity index (χ0) is 21.4. The summed E-state index contributed by atoms with van der Waals surface area (Å²) in [5.41, 5.74) is 3.70. The summed E-state index contributed by atoms with van der Waals surface area (Å²) < 4.78 is 10.4. The number of halogens is 1. The molecule has 2 aromatic carbocycles. The Hall–Kier alpha value is -3.52. The predicted molar refractivity (Wildman–Crippen MR) is 110 cm³/mol. The van der Waals surface area contributed by atoms with Gasteiger partial charge in [-0.15, -0.1) is 0 Å². The highest BCUT2D eigenvalue weighted by Gasteiger charge is 2.55.